The summed E-state index contributed by atoms with van der Waals surface area (Å²) in [5.74, 6) is 0.642. The Hall–Kier alpha value is -2.08. The number of thiazole rings is 1. The van der Waals surface area contributed by atoms with Crippen LogP contribution in [-0.4, -0.2) is 21.8 Å². The molecule has 0 bridgehead atoms. The SMILES string of the molecule is CC(=O)NC1(Nc2ccc(C#N)cc2)NC(C)(c2cncs2)CS1. The van der Waals surface area contributed by atoms with Crippen molar-refractivity contribution in [1.29, 1.82) is 5.26 Å². The van der Waals surface area contributed by atoms with E-state index in [0.717, 1.165) is 16.3 Å². The molecule has 0 aliphatic carbocycles. The summed E-state index contributed by atoms with van der Waals surface area (Å²) in [4.78, 5) is 17.0. The third kappa shape index (κ3) is 3.38. The van der Waals surface area contributed by atoms with Crippen molar-refractivity contribution in [2.24, 2.45) is 0 Å². The first kappa shape index (κ1) is 16.8. The molecule has 1 aromatic heterocycles. The third-order valence-corrected chi connectivity index (χ3v) is 6.19. The number of benzene rings is 1. The normalized spacial score (nSPS) is 25.9. The molecule has 1 saturated heterocycles. The highest BCUT2D eigenvalue weighted by Gasteiger charge is 2.48. The maximum absolute atomic E-state index is 11.7. The summed E-state index contributed by atoms with van der Waals surface area (Å²) in [6.45, 7) is 3.59. The lowest BCUT2D eigenvalue weighted by Gasteiger charge is -2.34. The van der Waals surface area contributed by atoms with Crippen molar-refractivity contribution in [3.8, 4) is 6.07 Å². The molecule has 1 amide bonds. The molecule has 8 heteroatoms. The first-order valence-electron chi connectivity index (χ1n) is 7.34. The fourth-order valence-corrected chi connectivity index (χ4v) is 4.85. The molecule has 1 fully saturated rings. The van der Waals surface area contributed by atoms with Gasteiger partial charge in [0, 0.05) is 29.4 Å². The molecule has 3 N–H and O–H groups in total. The highest BCUT2D eigenvalue weighted by molar-refractivity contribution is 8.01. The smallest absolute Gasteiger partial charge is 0.220 e. The van der Waals surface area contributed by atoms with E-state index in [2.05, 4.69) is 33.9 Å². The molecule has 24 heavy (non-hydrogen) atoms. The van der Waals surface area contributed by atoms with Crippen LogP contribution < -0.4 is 16.0 Å². The molecule has 2 unspecified atom stereocenters. The Labute approximate surface area is 148 Å². The summed E-state index contributed by atoms with van der Waals surface area (Å²) in [5.41, 5.74) is 2.92. The molecule has 1 aliphatic heterocycles. The number of nitrogens with one attached hydrogen (secondary N) is 3. The number of carbonyl (C=O) groups is 1. The van der Waals surface area contributed by atoms with Crippen LogP contribution in [0.3, 0.4) is 0 Å². The Morgan fingerprint density at radius 3 is 2.75 bits per heavy atom. The highest BCUT2D eigenvalue weighted by atomic mass is 32.2. The van der Waals surface area contributed by atoms with E-state index in [1.807, 2.05) is 18.3 Å². The summed E-state index contributed by atoms with van der Waals surface area (Å²) >= 11 is 3.17. The van der Waals surface area contributed by atoms with Crippen LogP contribution in [0.4, 0.5) is 5.69 Å². The molecule has 2 heterocycles. The number of hydrogen-bond donors (Lipinski definition) is 3. The van der Waals surface area contributed by atoms with Crippen LogP contribution in [0.15, 0.2) is 36.0 Å². The summed E-state index contributed by atoms with van der Waals surface area (Å²) in [5, 5.41) is 17.9. The largest absolute Gasteiger partial charge is 0.342 e. The van der Waals surface area contributed by atoms with Crippen molar-refractivity contribution in [3.63, 3.8) is 0 Å². The van der Waals surface area contributed by atoms with Gasteiger partial charge in [-0.1, -0.05) is 11.8 Å². The Balaban J connectivity index is 1.86. The zero-order chi connectivity index (χ0) is 17.2. The Morgan fingerprint density at radius 1 is 1.42 bits per heavy atom. The Morgan fingerprint density at radius 2 is 2.17 bits per heavy atom. The van der Waals surface area contributed by atoms with Crippen LogP contribution in [0.2, 0.25) is 0 Å². The summed E-state index contributed by atoms with van der Waals surface area (Å²) in [7, 11) is 0. The number of carbonyl (C=O) groups excluding carboxylic acids is 1. The quantitative estimate of drug-likeness (QED) is 0.727. The van der Waals surface area contributed by atoms with Gasteiger partial charge in [0.15, 0.2) is 0 Å². The molecule has 124 valence electrons. The highest BCUT2D eigenvalue weighted by Crippen LogP contribution is 2.41. The average Bonchev–Trinajstić information content (AvgIpc) is 3.17. The predicted molar refractivity (Wildman–Crippen MR) is 96.4 cm³/mol. The van der Waals surface area contributed by atoms with E-state index < -0.39 is 5.12 Å². The van der Waals surface area contributed by atoms with Crippen LogP contribution in [0.25, 0.3) is 0 Å². The van der Waals surface area contributed by atoms with Gasteiger partial charge in [0.2, 0.25) is 11.0 Å². The molecule has 0 radical (unpaired) electrons. The lowest BCUT2D eigenvalue weighted by molar-refractivity contribution is -0.120. The topological polar surface area (TPSA) is 89.8 Å². The minimum atomic E-state index is -0.821. The summed E-state index contributed by atoms with van der Waals surface area (Å²) < 4.78 is 0. The van der Waals surface area contributed by atoms with Crippen LogP contribution in [0.5, 0.6) is 0 Å². The first-order chi connectivity index (χ1) is 11.4. The molecule has 0 saturated carbocycles. The van der Waals surface area contributed by atoms with Gasteiger partial charge >= 0.3 is 0 Å². The average molecular weight is 359 g/mol. The molecule has 0 spiro atoms. The van der Waals surface area contributed by atoms with E-state index in [9.17, 15) is 4.79 Å². The second kappa shape index (κ2) is 6.43. The fraction of sp³-hybridized carbons (Fsp3) is 0.312. The van der Waals surface area contributed by atoms with Crippen LogP contribution in [0.1, 0.15) is 24.3 Å². The number of hydrogen-bond acceptors (Lipinski definition) is 7. The summed E-state index contributed by atoms with van der Waals surface area (Å²) in [6, 6.07) is 9.23. The van der Waals surface area contributed by atoms with Gasteiger partial charge in [-0.15, -0.1) is 11.3 Å². The first-order valence-corrected chi connectivity index (χ1v) is 9.21. The molecule has 1 aliphatic rings. The lowest BCUT2D eigenvalue weighted by Crippen LogP contribution is -2.61. The number of anilines is 1. The Kier molecular flexibility index (Phi) is 4.49. The van der Waals surface area contributed by atoms with E-state index in [4.69, 9.17) is 5.26 Å². The van der Waals surface area contributed by atoms with Crippen molar-refractivity contribution in [2.75, 3.05) is 11.1 Å². The van der Waals surface area contributed by atoms with Gasteiger partial charge in [-0.25, -0.2) is 0 Å². The fourth-order valence-electron chi connectivity index (χ4n) is 2.58. The second-order valence-corrected chi connectivity index (χ2v) is 7.86. The number of nitrogens with zero attached hydrogens (tertiary/aromatic N) is 2. The van der Waals surface area contributed by atoms with Crippen molar-refractivity contribution in [1.82, 2.24) is 15.6 Å². The number of aromatic nitrogens is 1. The second-order valence-electron chi connectivity index (χ2n) is 5.79. The van der Waals surface area contributed by atoms with Gasteiger partial charge in [0.1, 0.15) is 0 Å². The summed E-state index contributed by atoms with van der Waals surface area (Å²) in [6.07, 6.45) is 1.85. The maximum Gasteiger partial charge on any atom is 0.220 e. The Bertz CT molecular complexity index is 771. The lowest BCUT2D eigenvalue weighted by atomic mass is 10.0. The third-order valence-electron chi connectivity index (χ3n) is 3.69. The molecule has 2 aromatic rings. The molecular weight excluding hydrogens is 342 g/mol. The van der Waals surface area contributed by atoms with E-state index in [1.165, 1.54) is 6.92 Å². The number of amides is 1. The van der Waals surface area contributed by atoms with E-state index in [0.29, 0.717) is 5.56 Å². The van der Waals surface area contributed by atoms with Crippen LogP contribution in [0, 0.1) is 11.3 Å². The van der Waals surface area contributed by atoms with Gasteiger partial charge in [-0.2, -0.15) is 5.26 Å². The number of rotatable bonds is 4. The molecule has 6 nitrogen and oxygen atoms in total. The minimum absolute atomic E-state index is 0.135. The molecule has 3 rings (SSSR count). The van der Waals surface area contributed by atoms with Crippen molar-refractivity contribution in [3.05, 3.63) is 46.4 Å². The standard InChI is InChI=1S/C16H17N5OS2/c1-11(22)19-16(20-13-5-3-12(7-17)4-6-13)21-15(2,9-24-16)14-8-18-10-23-14/h3-6,8,10,20-21H,9H2,1-2H3,(H,19,22). The molecular formula is C16H17N5OS2. The monoisotopic (exact) mass is 359 g/mol. The number of thioether (sulfide) groups is 1. The van der Waals surface area contributed by atoms with Gasteiger partial charge in [-0.3, -0.25) is 15.1 Å². The van der Waals surface area contributed by atoms with E-state index in [-0.39, 0.29) is 11.4 Å². The van der Waals surface area contributed by atoms with Crippen molar-refractivity contribution in [2.45, 2.75) is 24.5 Å². The van der Waals surface area contributed by atoms with Gasteiger partial charge in [-0.05, 0) is 31.2 Å². The van der Waals surface area contributed by atoms with Gasteiger partial charge in [0.05, 0.1) is 22.7 Å². The van der Waals surface area contributed by atoms with Crippen LogP contribution >= 0.6 is 23.1 Å². The van der Waals surface area contributed by atoms with E-state index in [1.54, 1.807) is 40.7 Å². The maximum atomic E-state index is 11.7. The van der Waals surface area contributed by atoms with Crippen molar-refractivity contribution >= 4 is 34.7 Å². The predicted octanol–water partition coefficient (Wildman–Crippen LogP) is 2.43. The zero-order valence-corrected chi connectivity index (χ0v) is 14.9. The van der Waals surface area contributed by atoms with E-state index >= 15 is 0 Å². The van der Waals surface area contributed by atoms with Crippen molar-refractivity contribution < 1.29 is 4.79 Å². The van der Waals surface area contributed by atoms with Crippen LogP contribution in [-0.2, 0) is 10.3 Å². The zero-order valence-electron chi connectivity index (χ0n) is 13.3. The molecule has 2 atom stereocenters. The van der Waals surface area contributed by atoms with Gasteiger partial charge in [0.25, 0.3) is 0 Å². The molecule has 1 aromatic carbocycles. The minimum Gasteiger partial charge on any atom is -0.342 e. The van der Waals surface area contributed by atoms with Gasteiger partial charge < -0.3 is 10.6 Å². The number of nitriles is 1.